The molecule has 0 aromatic carbocycles. The fourth-order valence-corrected chi connectivity index (χ4v) is 2.88. The summed E-state index contributed by atoms with van der Waals surface area (Å²) in [7, 11) is 1.43. The molecule has 0 saturated heterocycles. The van der Waals surface area contributed by atoms with Crippen LogP contribution in [0, 0.1) is 11.8 Å². The molecule has 1 fully saturated rings. The van der Waals surface area contributed by atoms with E-state index >= 15 is 0 Å². The molecule has 1 rings (SSSR count). The lowest BCUT2D eigenvalue weighted by Gasteiger charge is -2.27. The van der Waals surface area contributed by atoms with Gasteiger partial charge in [0.25, 0.3) is 0 Å². The number of nitrogens with one attached hydrogen (secondary N) is 2. The lowest BCUT2D eigenvalue weighted by atomic mass is 9.93. The maximum Gasteiger partial charge on any atom is 0.306 e. The van der Waals surface area contributed by atoms with Crippen molar-refractivity contribution < 1.29 is 24.2 Å². The van der Waals surface area contributed by atoms with Crippen molar-refractivity contribution in [3.63, 3.8) is 0 Å². The maximum atomic E-state index is 12.5. The minimum absolute atomic E-state index is 0.177. The monoisotopic (exact) mass is 343 g/mol. The maximum absolute atomic E-state index is 12.5. The minimum atomic E-state index is -0.986. The van der Waals surface area contributed by atoms with Crippen LogP contribution in [-0.2, 0) is 19.1 Å². The number of ether oxygens (including phenoxy) is 1. The van der Waals surface area contributed by atoms with E-state index in [0.717, 1.165) is 0 Å². The standard InChI is InChI=1S/C14H25N5O5/c1-6(20)17-11(12(21)18-7(2)24-3)9-4-8(13(22)23)5-10(9)19-14(15)16/h7-11H,4-5H2,1-3H3,(H,17,20)(H,18,21)(H,22,23)(H4,15,16,19)/t7?,8?,9-,10-,11?/m0/s1. The van der Waals surface area contributed by atoms with Gasteiger partial charge >= 0.3 is 5.97 Å². The van der Waals surface area contributed by atoms with Crippen LogP contribution in [0.1, 0.15) is 26.7 Å². The molecule has 1 saturated carbocycles. The van der Waals surface area contributed by atoms with Crippen molar-refractivity contribution in [3.8, 4) is 0 Å². The number of nitrogens with zero attached hydrogens (tertiary/aromatic N) is 1. The second kappa shape index (κ2) is 8.48. The third kappa shape index (κ3) is 5.37. The number of carboxylic acid groups (broad SMARTS) is 1. The molecule has 0 radical (unpaired) electrons. The molecule has 0 aromatic rings. The highest BCUT2D eigenvalue weighted by atomic mass is 16.5. The number of hydrogen-bond donors (Lipinski definition) is 5. The van der Waals surface area contributed by atoms with Crippen LogP contribution in [0.25, 0.3) is 0 Å². The number of methoxy groups -OCH3 is 1. The van der Waals surface area contributed by atoms with E-state index < -0.39 is 47.9 Å². The van der Waals surface area contributed by atoms with Crippen LogP contribution in [0.4, 0.5) is 0 Å². The molecule has 0 heterocycles. The summed E-state index contributed by atoms with van der Waals surface area (Å²) in [4.78, 5) is 39.3. The number of carbonyl (C=O) groups is 3. The molecule has 0 aliphatic heterocycles. The normalized spacial score (nSPS) is 25.4. The van der Waals surface area contributed by atoms with E-state index in [1.807, 2.05) is 0 Å². The van der Waals surface area contributed by atoms with E-state index in [1.54, 1.807) is 6.92 Å². The highest BCUT2D eigenvalue weighted by Crippen LogP contribution is 2.36. The number of carboxylic acids is 1. The second-order valence-corrected chi connectivity index (χ2v) is 5.86. The number of hydrogen-bond acceptors (Lipinski definition) is 5. The van der Waals surface area contributed by atoms with Gasteiger partial charge in [-0.15, -0.1) is 0 Å². The van der Waals surface area contributed by atoms with Crippen molar-refractivity contribution in [1.29, 1.82) is 0 Å². The van der Waals surface area contributed by atoms with E-state index in [9.17, 15) is 19.5 Å². The van der Waals surface area contributed by atoms with Crippen molar-refractivity contribution in [3.05, 3.63) is 0 Å². The van der Waals surface area contributed by atoms with Crippen molar-refractivity contribution >= 4 is 23.7 Å². The molecule has 24 heavy (non-hydrogen) atoms. The zero-order valence-electron chi connectivity index (χ0n) is 14.0. The molecule has 0 aromatic heterocycles. The van der Waals surface area contributed by atoms with Gasteiger partial charge in [0.2, 0.25) is 11.8 Å². The average Bonchev–Trinajstić information content (AvgIpc) is 2.87. The highest BCUT2D eigenvalue weighted by molar-refractivity contribution is 5.87. The molecule has 10 nitrogen and oxygen atoms in total. The number of amides is 2. The summed E-state index contributed by atoms with van der Waals surface area (Å²) in [5, 5.41) is 14.4. The molecule has 0 spiro atoms. The molecule has 1 aliphatic rings. The fraction of sp³-hybridized carbons (Fsp3) is 0.714. The predicted molar refractivity (Wildman–Crippen MR) is 85.7 cm³/mol. The molecule has 7 N–H and O–H groups in total. The zero-order chi connectivity index (χ0) is 18.4. The Morgan fingerprint density at radius 2 is 1.88 bits per heavy atom. The Morgan fingerprint density at radius 1 is 1.25 bits per heavy atom. The van der Waals surface area contributed by atoms with E-state index in [0.29, 0.717) is 0 Å². The Labute approximate surface area is 140 Å². The zero-order valence-corrected chi connectivity index (χ0v) is 14.0. The summed E-state index contributed by atoms with van der Waals surface area (Å²) in [6.45, 7) is 2.91. The van der Waals surface area contributed by atoms with Crippen LogP contribution >= 0.6 is 0 Å². The van der Waals surface area contributed by atoms with Crippen molar-refractivity contribution in [2.45, 2.75) is 45.0 Å². The number of aliphatic imine (C=N–C) groups is 1. The quantitative estimate of drug-likeness (QED) is 0.209. The lowest BCUT2D eigenvalue weighted by Crippen LogP contribution is -2.54. The summed E-state index contributed by atoms with van der Waals surface area (Å²) < 4.78 is 4.98. The Bertz CT molecular complexity index is 520. The second-order valence-electron chi connectivity index (χ2n) is 5.86. The van der Waals surface area contributed by atoms with Gasteiger partial charge in [0.05, 0.1) is 12.0 Å². The first-order chi connectivity index (χ1) is 11.1. The van der Waals surface area contributed by atoms with E-state index in [2.05, 4.69) is 15.6 Å². The SMILES string of the molecule is COC(C)NC(=O)C(NC(C)=O)[C@H]1CC(C(=O)O)C[C@@H]1N=C(N)N. The topological polar surface area (TPSA) is 169 Å². The molecule has 136 valence electrons. The molecular formula is C14H25N5O5. The summed E-state index contributed by atoms with van der Waals surface area (Å²) >= 11 is 0. The number of carbonyl (C=O) groups excluding carboxylic acids is 2. The van der Waals surface area contributed by atoms with Gasteiger partial charge < -0.3 is 31.9 Å². The van der Waals surface area contributed by atoms with Crippen LogP contribution in [-0.4, -0.2) is 54.3 Å². The van der Waals surface area contributed by atoms with Crippen LogP contribution in [0.2, 0.25) is 0 Å². The van der Waals surface area contributed by atoms with Crippen molar-refractivity contribution in [2.24, 2.45) is 28.3 Å². The summed E-state index contributed by atoms with van der Waals surface area (Å²) in [6, 6.07) is -1.53. The largest absolute Gasteiger partial charge is 0.481 e. The van der Waals surface area contributed by atoms with Crippen molar-refractivity contribution in [1.82, 2.24) is 10.6 Å². The third-order valence-corrected chi connectivity index (χ3v) is 4.01. The number of guanidine groups is 1. The first-order valence-corrected chi connectivity index (χ1v) is 7.57. The molecule has 10 heteroatoms. The van der Waals surface area contributed by atoms with Gasteiger partial charge in [-0.05, 0) is 19.8 Å². The van der Waals surface area contributed by atoms with Gasteiger partial charge in [-0.25, -0.2) is 4.99 Å². The van der Waals surface area contributed by atoms with Crippen LogP contribution in [0.15, 0.2) is 4.99 Å². The Hall–Kier alpha value is -2.36. The summed E-state index contributed by atoms with van der Waals surface area (Å²) in [5.74, 6) is -3.30. The average molecular weight is 343 g/mol. The fourth-order valence-electron chi connectivity index (χ4n) is 2.88. The van der Waals surface area contributed by atoms with Gasteiger partial charge in [0, 0.05) is 20.0 Å². The molecule has 5 atom stereocenters. The number of aliphatic carboxylic acids is 1. The summed E-state index contributed by atoms with van der Waals surface area (Å²) in [6.07, 6.45) is -0.190. The first kappa shape index (κ1) is 19.7. The third-order valence-electron chi connectivity index (χ3n) is 4.01. The van der Waals surface area contributed by atoms with Gasteiger partial charge in [0.15, 0.2) is 5.96 Å². The van der Waals surface area contributed by atoms with Crippen molar-refractivity contribution in [2.75, 3.05) is 7.11 Å². The number of rotatable bonds is 7. The van der Waals surface area contributed by atoms with Crippen LogP contribution in [0.5, 0.6) is 0 Å². The van der Waals surface area contributed by atoms with E-state index in [4.69, 9.17) is 16.2 Å². The molecule has 3 unspecified atom stereocenters. The van der Waals surface area contributed by atoms with Crippen LogP contribution < -0.4 is 22.1 Å². The summed E-state index contributed by atoms with van der Waals surface area (Å²) in [5.41, 5.74) is 10.8. The number of nitrogens with two attached hydrogens (primary N) is 2. The first-order valence-electron chi connectivity index (χ1n) is 7.57. The Balaban J connectivity index is 3.07. The van der Waals surface area contributed by atoms with E-state index in [-0.39, 0.29) is 18.8 Å². The Morgan fingerprint density at radius 3 is 2.33 bits per heavy atom. The minimum Gasteiger partial charge on any atom is -0.481 e. The molecular weight excluding hydrogens is 318 g/mol. The smallest absolute Gasteiger partial charge is 0.306 e. The molecule has 0 bridgehead atoms. The van der Waals surface area contributed by atoms with E-state index in [1.165, 1.54) is 14.0 Å². The van der Waals surface area contributed by atoms with Crippen LogP contribution in [0.3, 0.4) is 0 Å². The molecule has 1 aliphatic carbocycles. The highest BCUT2D eigenvalue weighted by Gasteiger charge is 2.45. The lowest BCUT2D eigenvalue weighted by molar-refractivity contribution is -0.141. The van der Waals surface area contributed by atoms with Gasteiger partial charge in [0.1, 0.15) is 12.3 Å². The van der Waals surface area contributed by atoms with Gasteiger partial charge in [-0.1, -0.05) is 0 Å². The predicted octanol–water partition coefficient (Wildman–Crippen LogP) is -1.65. The van der Waals surface area contributed by atoms with Gasteiger partial charge in [-0.3, -0.25) is 14.4 Å². The Kier molecular flexibility index (Phi) is 6.96. The van der Waals surface area contributed by atoms with Gasteiger partial charge in [-0.2, -0.15) is 0 Å². The molecule has 2 amide bonds.